The summed E-state index contributed by atoms with van der Waals surface area (Å²) in [4.78, 5) is 15.7. The van der Waals surface area contributed by atoms with E-state index in [9.17, 15) is 5.11 Å². The second kappa shape index (κ2) is 5.19. The highest BCUT2D eigenvalue weighted by atomic mass is 16.3. The summed E-state index contributed by atoms with van der Waals surface area (Å²) in [5.74, 6) is 6.22. The topological polar surface area (TPSA) is 101 Å². The smallest absolute Gasteiger partial charge is 0.319 e. The normalized spacial score (nSPS) is 10.1. The van der Waals surface area contributed by atoms with Crippen LogP contribution < -0.4 is 10.9 Å². The standard InChI is InChI=1S/C11H12N6O/c1-2-7-17(12)10-14-9(15-11(18)16-10)8-3-5-13-6-4-8/h2-6H,1,7,12H2,(H,14,15,16,18). The van der Waals surface area contributed by atoms with Crippen molar-refractivity contribution in [2.45, 2.75) is 0 Å². The molecular formula is C11H12N6O. The molecule has 0 saturated carbocycles. The summed E-state index contributed by atoms with van der Waals surface area (Å²) in [7, 11) is 0. The van der Waals surface area contributed by atoms with Crippen molar-refractivity contribution in [2.24, 2.45) is 5.84 Å². The van der Waals surface area contributed by atoms with Crippen molar-refractivity contribution in [3.63, 3.8) is 0 Å². The van der Waals surface area contributed by atoms with Crippen LogP contribution >= 0.6 is 0 Å². The second-order valence-corrected chi connectivity index (χ2v) is 3.44. The Morgan fingerprint density at radius 3 is 2.67 bits per heavy atom. The Morgan fingerprint density at radius 2 is 2.00 bits per heavy atom. The van der Waals surface area contributed by atoms with Crippen LogP contribution in [0.25, 0.3) is 11.4 Å². The molecule has 0 radical (unpaired) electrons. The van der Waals surface area contributed by atoms with Gasteiger partial charge in [-0.3, -0.25) is 9.99 Å². The van der Waals surface area contributed by atoms with Gasteiger partial charge in [-0.1, -0.05) is 6.08 Å². The maximum atomic E-state index is 9.49. The lowest BCUT2D eigenvalue weighted by Crippen LogP contribution is -2.32. The number of nitrogens with zero attached hydrogens (tertiary/aromatic N) is 5. The number of hydrazine groups is 1. The lowest BCUT2D eigenvalue weighted by molar-refractivity contribution is 0.428. The van der Waals surface area contributed by atoms with Gasteiger partial charge in [0.1, 0.15) is 0 Å². The predicted molar refractivity (Wildman–Crippen MR) is 66.5 cm³/mol. The van der Waals surface area contributed by atoms with E-state index in [1.54, 1.807) is 30.6 Å². The number of pyridine rings is 1. The van der Waals surface area contributed by atoms with Crippen molar-refractivity contribution in [1.82, 2.24) is 19.9 Å². The van der Waals surface area contributed by atoms with E-state index in [1.165, 1.54) is 5.01 Å². The zero-order valence-electron chi connectivity index (χ0n) is 9.56. The molecule has 7 nitrogen and oxygen atoms in total. The number of anilines is 1. The summed E-state index contributed by atoms with van der Waals surface area (Å²) in [6, 6.07) is 3.08. The first kappa shape index (κ1) is 11.9. The molecule has 0 fully saturated rings. The van der Waals surface area contributed by atoms with Gasteiger partial charge in [-0.25, -0.2) is 5.84 Å². The molecule has 0 amide bonds. The van der Waals surface area contributed by atoms with Crippen LogP contribution in [0.1, 0.15) is 0 Å². The highest BCUT2D eigenvalue weighted by Crippen LogP contribution is 2.17. The zero-order valence-corrected chi connectivity index (χ0v) is 9.56. The Bertz CT molecular complexity index is 544. The van der Waals surface area contributed by atoms with E-state index in [2.05, 4.69) is 26.5 Å². The number of rotatable bonds is 4. The predicted octanol–water partition coefficient (Wildman–Crippen LogP) is 0.505. The highest BCUT2D eigenvalue weighted by molar-refractivity contribution is 5.55. The van der Waals surface area contributed by atoms with Crippen molar-refractivity contribution >= 4 is 5.95 Å². The first-order valence-corrected chi connectivity index (χ1v) is 5.19. The number of hydrogen-bond donors (Lipinski definition) is 2. The molecule has 2 rings (SSSR count). The lowest BCUT2D eigenvalue weighted by atomic mass is 10.2. The summed E-state index contributed by atoms with van der Waals surface area (Å²) in [5, 5.41) is 10.7. The molecule has 0 unspecified atom stereocenters. The molecule has 2 aromatic rings. The number of hydrogen-bond acceptors (Lipinski definition) is 7. The average molecular weight is 244 g/mol. The van der Waals surface area contributed by atoms with E-state index < -0.39 is 0 Å². The molecule has 2 heterocycles. The van der Waals surface area contributed by atoms with E-state index in [0.717, 1.165) is 5.56 Å². The number of nitrogens with two attached hydrogens (primary N) is 1. The molecule has 0 spiro atoms. The van der Waals surface area contributed by atoms with Crippen LogP contribution in [0.4, 0.5) is 5.95 Å². The third-order valence-corrected chi connectivity index (χ3v) is 2.13. The minimum Gasteiger partial charge on any atom is -0.479 e. The van der Waals surface area contributed by atoms with Gasteiger partial charge in [-0.15, -0.1) is 6.58 Å². The third kappa shape index (κ3) is 2.58. The van der Waals surface area contributed by atoms with Gasteiger partial charge in [0.05, 0.1) is 6.54 Å². The Labute approximate surface area is 104 Å². The second-order valence-electron chi connectivity index (χ2n) is 3.44. The van der Waals surface area contributed by atoms with Crippen LogP contribution in [0.5, 0.6) is 6.01 Å². The van der Waals surface area contributed by atoms with Gasteiger partial charge in [0.2, 0.25) is 5.95 Å². The zero-order chi connectivity index (χ0) is 13.0. The Balaban J connectivity index is 2.41. The summed E-state index contributed by atoms with van der Waals surface area (Å²) >= 11 is 0. The minimum atomic E-state index is -0.383. The highest BCUT2D eigenvalue weighted by Gasteiger charge is 2.10. The average Bonchev–Trinajstić information content (AvgIpc) is 2.39. The fourth-order valence-electron chi connectivity index (χ4n) is 1.33. The van der Waals surface area contributed by atoms with Crippen molar-refractivity contribution in [3.05, 3.63) is 37.2 Å². The fourth-order valence-corrected chi connectivity index (χ4v) is 1.33. The molecule has 0 aromatic carbocycles. The van der Waals surface area contributed by atoms with Crippen LogP contribution in [-0.4, -0.2) is 31.6 Å². The summed E-state index contributed by atoms with van der Waals surface area (Å²) in [6.45, 7) is 3.93. The van der Waals surface area contributed by atoms with Gasteiger partial charge in [0, 0.05) is 18.0 Å². The van der Waals surface area contributed by atoms with Crippen LogP contribution in [-0.2, 0) is 0 Å². The van der Waals surface area contributed by atoms with Gasteiger partial charge >= 0.3 is 6.01 Å². The van der Waals surface area contributed by atoms with E-state index >= 15 is 0 Å². The summed E-state index contributed by atoms with van der Waals surface area (Å²) in [6.07, 6.45) is 4.83. The molecule has 0 atom stereocenters. The van der Waals surface area contributed by atoms with E-state index in [0.29, 0.717) is 12.4 Å². The van der Waals surface area contributed by atoms with Crippen LogP contribution in [0.3, 0.4) is 0 Å². The van der Waals surface area contributed by atoms with Crippen LogP contribution in [0.15, 0.2) is 37.2 Å². The monoisotopic (exact) mass is 244 g/mol. The van der Waals surface area contributed by atoms with Gasteiger partial charge in [0.25, 0.3) is 0 Å². The fraction of sp³-hybridized carbons (Fsp3) is 0.0909. The Morgan fingerprint density at radius 1 is 1.28 bits per heavy atom. The molecule has 3 N–H and O–H groups in total. The molecule has 92 valence electrons. The molecule has 7 heteroatoms. The van der Waals surface area contributed by atoms with Gasteiger partial charge in [-0.2, -0.15) is 15.0 Å². The number of aromatic nitrogens is 4. The SMILES string of the molecule is C=CCN(N)c1nc(O)nc(-c2ccncc2)n1. The van der Waals surface area contributed by atoms with Crippen LogP contribution in [0.2, 0.25) is 0 Å². The molecule has 18 heavy (non-hydrogen) atoms. The van der Waals surface area contributed by atoms with Crippen molar-refractivity contribution < 1.29 is 5.11 Å². The Kier molecular flexibility index (Phi) is 3.44. The first-order valence-electron chi connectivity index (χ1n) is 5.19. The summed E-state index contributed by atoms with van der Waals surface area (Å²) < 4.78 is 0. The summed E-state index contributed by atoms with van der Waals surface area (Å²) in [5.41, 5.74) is 0.718. The third-order valence-electron chi connectivity index (χ3n) is 2.13. The molecule has 2 aromatic heterocycles. The number of aromatic hydroxyl groups is 1. The lowest BCUT2D eigenvalue weighted by Gasteiger charge is -2.14. The van der Waals surface area contributed by atoms with Gasteiger partial charge in [-0.05, 0) is 12.1 Å². The van der Waals surface area contributed by atoms with E-state index in [1.807, 2.05) is 0 Å². The van der Waals surface area contributed by atoms with Gasteiger partial charge < -0.3 is 5.11 Å². The molecule has 0 saturated heterocycles. The molecular weight excluding hydrogens is 232 g/mol. The van der Waals surface area contributed by atoms with Crippen molar-refractivity contribution in [1.29, 1.82) is 0 Å². The quantitative estimate of drug-likeness (QED) is 0.459. The maximum Gasteiger partial charge on any atom is 0.319 e. The molecule has 0 aliphatic rings. The maximum absolute atomic E-state index is 9.49. The molecule has 0 bridgehead atoms. The van der Waals surface area contributed by atoms with E-state index in [4.69, 9.17) is 5.84 Å². The molecule has 0 aliphatic heterocycles. The Hall–Kier alpha value is -2.54. The largest absolute Gasteiger partial charge is 0.479 e. The van der Waals surface area contributed by atoms with E-state index in [-0.39, 0.29) is 12.0 Å². The minimum absolute atomic E-state index is 0.175. The molecule has 0 aliphatic carbocycles. The van der Waals surface area contributed by atoms with Crippen molar-refractivity contribution in [3.8, 4) is 17.4 Å². The van der Waals surface area contributed by atoms with Crippen LogP contribution in [0, 0.1) is 0 Å². The first-order chi connectivity index (χ1) is 8.70. The van der Waals surface area contributed by atoms with Crippen molar-refractivity contribution in [2.75, 3.05) is 11.6 Å². The van der Waals surface area contributed by atoms with Gasteiger partial charge in [0.15, 0.2) is 5.82 Å².